The molecule has 0 radical (unpaired) electrons. The van der Waals surface area contributed by atoms with Gasteiger partial charge in [0, 0.05) is 40.1 Å². The largest absolute Gasteiger partial charge is 0.330 e. The quantitative estimate of drug-likeness (QED) is 0.625. The Hall–Kier alpha value is -3.19. The normalized spacial score (nSPS) is 17.0. The summed E-state index contributed by atoms with van der Waals surface area (Å²) in [5, 5.41) is 13.1. The van der Waals surface area contributed by atoms with E-state index >= 15 is 0 Å². The van der Waals surface area contributed by atoms with Crippen LogP contribution in [0.15, 0.2) is 53.9 Å². The number of carbonyl (C=O) groups excluding carboxylic acids is 2. The summed E-state index contributed by atoms with van der Waals surface area (Å²) < 4.78 is 14.4. The number of H-pyrrole nitrogens is 1. The van der Waals surface area contributed by atoms with E-state index in [-0.39, 0.29) is 18.0 Å². The third-order valence-corrected chi connectivity index (χ3v) is 5.01. The Balaban J connectivity index is 1.69. The van der Waals surface area contributed by atoms with Crippen molar-refractivity contribution in [3.63, 3.8) is 0 Å². The number of carbonyl (C=O) groups is 2. The molecule has 1 aliphatic rings. The van der Waals surface area contributed by atoms with E-state index < -0.39 is 17.6 Å². The molecule has 8 heteroatoms. The Kier molecular flexibility index (Phi) is 4.60. The number of aromatic nitrogens is 2. The highest BCUT2D eigenvalue weighted by atomic mass is 35.5. The molecule has 2 aromatic carbocycles. The van der Waals surface area contributed by atoms with E-state index in [0.717, 1.165) is 5.56 Å². The van der Waals surface area contributed by atoms with Gasteiger partial charge in [-0.15, -0.1) is 0 Å². The lowest BCUT2D eigenvalue weighted by molar-refractivity contribution is -0.121. The first kappa shape index (κ1) is 18.2. The molecule has 142 valence electrons. The molecule has 0 spiro atoms. The molecule has 1 unspecified atom stereocenters. The molecule has 3 aromatic rings. The van der Waals surface area contributed by atoms with Crippen LogP contribution in [0.3, 0.4) is 0 Å². The number of nitrogens with zero attached hydrogens (tertiary/aromatic N) is 1. The summed E-state index contributed by atoms with van der Waals surface area (Å²) in [7, 11) is 0. The van der Waals surface area contributed by atoms with Gasteiger partial charge in [0.25, 0.3) is 5.91 Å². The van der Waals surface area contributed by atoms with Crippen LogP contribution >= 0.6 is 11.6 Å². The van der Waals surface area contributed by atoms with Crippen LogP contribution in [0.4, 0.5) is 10.1 Å². The number of benzene rings is 2. The number of rotatable bonds is 3. The van der Waals surface area contributed by atoms with Crippen molar-refractivity contribution < 1.29 is 14.0 Å². The highest BCUT2D eigenvalue weighted by Crippen LogP contribution is 2.34. The number of anilines is 1. The van der Waals surface area contributed by atoms with Gasteiger partial charge in [0.15, 0.2) is 0 Å². The zero-order chi connectivity index (χ0) is 19.8. The predicted octanol–water partition coefficient (Wildman–Crippen LogP) is 3.87. The molecule has 1 aromatic heterocycles. The number of hydrogen-bond donors (Lipinski definition) is 3. The van der Waals surface area contributed by atoms with Gasteiger partial charge < -0.3 is 10.6 Å². The monoisotopic (exact) mass is 398 g/mol. The summed E-state index contributed by atoms with van der Waals surface area (Å²) in [6.45, 7) is 1.66. The molecule has 2 heterocycles. The summed E-state index contributed by atoms with van der Waals surface area (Å²) in [5.41, 5.74) is 2.20. The molecule has 28 heavy (non-hydrogen) atoms. The molecule has 3 N–H and O–H groups in total. The van der Waals surface area contributed by atoms with Crippen LogP contribution < -0.4 is 10.6 Å². The fraction of sp³-hybridized carbons (Fsp3) is 0.150. The second-order valence-electron chi connectivity index (χ2n) is 6.64. The van der Waals surface area contributed by atoms with Crippen LogP contribution in [-0.2, 0) is 9.59 Å². The summed E-state index contributed by atoms with van der Waals surface area (Å²) in [6, 6.07) is 9.77. The van der Waals surface area contributed by atoms with Crippen LogP contribution in [0.5, 0.6) is 0 Å². The fourth-order valence-electron chi connectivity index (χ4n) is 3.43. The molecular formula is C20H16ClFN4O2. The maximum absolute atomic E-state index is 14.4. The van der Waals surface area contributed by atoms with Gasteiger partial charge in [0.05, 0.1) is 17.4 Å². The van der Waals surface area contributed by atoms with Crippen LogP contribution in [0.1, 0.15) is 24.8 Å². The van der Waals surface area contributed by atoms with Gasteiger partial charge in [-0.3, -0.25) is 14.7 Å². The summed E-state index contributed by atoms with van der Waals surface area (Å²) in [4.78, 5) is 25.1. The molecule has 0 fully saturated rings. The third-order valence-electron chi connectivity index (χ3n) is 4.76. The standard InChI is InChI=1S/C20H16ClFN4O2/c1-10-19(14(7-18(27)24-10)11-2-4-13(21)5-3-11)20(28)25-17-6-12-9-23-26-16(12)8-15(17)22/h2-6,8-9,14H,7H2,1H3,(H,23,26)(H,24,27)(H,25,28). The minimum Gasteiger partial charge on any atom is -0.330 e. The van der Waals surface area contributed by atoms with E-state index in [1.54, 1.807) is 37.4 Å². The van der Waals surface area contributed by atoms with Crippen molar-refractivity contribution >= 4 is 40.0 Å². The van der Waals surface area contributed by atoms with Crippen molar-refractivity contribution in [2.24, 2.45) is 0 Å². The number of nitrogens with one attached hydrogen (secondary N) is 3. The lowest BCUT2D eigenvalue weighted by atomic mass is 9.84. The van der Waals surface area contributed by atoms with Crippen molar-refractivity contribution in [3.8, 4) is 0 Å². The number of hydrogen-bond acceptors (Lipinski definition) is 3. The smallest absolute Gasteiger partial charge is 0.254 e. The molecule has 0 aliphatic carbocycles. The lowest BCUT2D eigenvalue weighted by Gasteiger charge is -2.27. The molecule has 1 aliphatic heterocycles. The highest BCUT2D eigenvalue weighted by Gasteiger charge is 2.32. The molecule has 1 atom stereocenters. The van der Waals surface area contributed by atoms with Gasteiger partial charge in [0.2, 0.25) is 5.91 Å². The Bertz CT molecular complexity index is 1120. The fourth-order valence-corrected chi connectivity index (χ4v) is 3.56. The second-order valence-corrected chi connectivity index (χ2v) is 7.07. The van der Waals surface area contributed by atoms with Crippen molar-refractivity contribution in [2.45, 2.75) is 19.3 Å². The zero-order valence-corrected chi connectivity index (χ0v) is 15.6. The highest BCUT2D eigenvalue weighted by molar-refractivity contribution is 6.30. The van der Waals surface area contributed by atoms with E-state index in [1.807, 2.05) is 0 Å². The topological polar surface area (TPSA) is 86.9 Å². The maximum atomic E-state index is 14.4. The Labute approximate surface area is 164 Å². The SMILES string of the molecule is CC1=C(C(=O)Nc2cc3cn[nH]c3cc2F)C(c2ccc(Cl)cc2)CC(=O)N1. The first-order valence-electron chi connectivity index (χ1n) is 8.62. The van der Waals surface area contributed by atoms with Crippen LogP contribution in [0.2, 0.25) is 5.02 Å². The summed E-state index contributed by atoms with van der Waals surface area (Å²) in [5.74, 6) is -1.68. The first-order valence-corrected chi connectivity index (χ1v) is 9.00. The Morgan fingerprint density at radius 2 is 2.04 bits per heavy atom. The average molecular weight is 399 g/mol. The number of allylic oxidation sites excluding steroid dienone is 1. The van der Waals surface area contributed by atoms with Gasteiger partial charge in [-0.1, -0.05) is 23.7 Å². The maximum Gasteiger partial charge on any atom is 0.254 e. The van der Waals surface area contributed by atoms with Crippen molar-refractivity contribution in [1.29, 1.82) is 0 Å². The van der Waals surface area contributed by atoms with E-state index in [1.165, 1.54) is 12.1 Å². The average Bonchev–Trinajstić information content (AvgIpc) is 3.09. The molecule has 0 saturated carbocycles. The third kappa shape index (κ3) is 3.36. The number of aromatic amines is 1. The summed E-state index contributed by atoms with van der Waals surface area (Å²) in [6.07, 6.45) is 1.66. The molecule has 2 amide bonds. The zero-order valence-electron chi connectivity index (χ0n) is 14.8. The van der Waals surface area contributed by atoms with Gasteiger partial charge in [-0.2, -0.15) is 5.10 Å². The summed E-state index contributed by atoms with van der Waals surface area (Å²) >= 11 is 5.95. The van der Waals surface area contributed by atoms with Crippen molar-refractivity contribution in [2.75, 3.05) is 5.32 Å². The minimum absolute atomic E-state index is 0.0472. The molecule has 6 nitrogen and oxygen atoms in total. The lowest BCUT2D eigenvalue weighted by Crippen LogP contribution is -2.35. The van der Waals surface area contributed by atoms with E-state index in [0.29, 0.717) is 27.2 Å². The molecule has 0 saturated heterocycles. The Morgan fingerprint density at radius 3 is 2.79 bits per heavy atom. The van der Waals surface area contributed by atoms with Gasteiger partial charge in [-0.25, -0.2) is 4.39 Å². The van der Waals surface area contributed by atoms with E-state index in [2.05, 4.69) is 20.8 Å². The number of fused-ring (bicyclic) bond motifs is 1. The molecule has 4 rings (SSSR count). The predicted molar refractivity (Wildman–Crippen MR) is 104 cm³/mol. The van der Waals surface area contributed by atoms with Crippen molar-refractivity contribution in [3.05, 3.63) is 70.3 Å². The minimum atomic E-state index is -0.578. The second kappa shape index (κ2) is 7.09. The van der Waals surface area contributed by atoms with Crippen LogP contribution in [0, 0.1) is 5.82 Å². The number of amides is 2. The van der Waals surface area contributed by atoms with Gasteiger partial charge >= 0.3 is 0 Å². The van der Waals surface area contributed by atoms with Crippen molar-refractivity contribution in [1.82, 2.24) is 15.5 Å². The Morgan fingerprint density at radius 1 is 1.29 bits per heavy atom. The van der Waals surface area contributed by atoms with E-state index in [4.69, 9.17) is 11.6 Å². The van der Waals surface area contributed by atoms with Crippen LogP contribution in [0.25, 0.3) is 10.9 Å². The van der Waals surface area contributed by atoms with Crippen LogP contribution in [-0.4, -0.2) is 22.0 Å². The molecular weight excluding hydrogens is 383 g/mol. The molecule has 0 bridgehead atoms. The van der Waals surface area contributed by atoms with E-state index in [9.17, 15) is 14.0 Å². The van der Waals surface area contributed by atoms with Gasteiger partial charge in [0.1, 0.15) is 5.82 Å². The van der Waals surface area contributed by atoms with Gasteiger partial charge in [-0.05, 0) is 30.7 Å². The first-order chi connectivity index (χ1) is 13.4. The number of halogens is 2.